The van der Waals surface area contributed by atoms with Gasteiger partial charge in [-0.2, -0.15) is 5.10 Å². The molecule has 0 spiro atoms. The minimum Gasteiger partial charge on any atom is -0.478 e. The number of carboxylic acid groups (broad SMARTS) is 1. The van der Waals surface area contributed by atoms with E-state index in [1.165, 1.54) is 16.7 Å². The van der Waals surface area contributed by atoms with Crippen LogP contribution in [0.2, 0.25) is 0 Å². The van der Waals surface area contributed by atoms with E-state index in [0.29, 0.717) is 11.4 Å². The van der Waals surface area contributed by atoms with Gasteiger partial charge in [-0.25, -0.2) is 14.7 Å². The Morgan fingerprint density at radius 3 is 2.44 bits per heavy atom. The highest BCUT2D eigenvalue weighted by Gasteiger charge is 2.08. The van der Waals surface area contributed by atoms with E-state index >= 15 is 0 Å². The molecule has 0 saturated carbocycles. The van der Waals surface area contributed by atoms with Crippen molar-refractivity contribution in [2.24, 2.45) is 7.05 Å². The van der Waals surface area contributed by atoms with Gasteiger partial charge in [0.1, 0.15) is 0 Å². The Bertz CT molecular complexity index is 580. The van der Waals surface area contributed by atoms with Crippen LogP contribution < -0.4 is 5.69 Å². The fourth-order valence-electron chi connectivity index (χ4n) is 1.37. The molecule has 0 fully saturated rings. The lowest BCUT2D eigenvalue weighted by Gasteiger charge is -2.00. The maximum absolute atomic E-state index is 11.1. The van der Waals surface area contributed by atoms with Gasteiger partial charge in [-0.3, -0.25) is 4.57 Å². The number of hydrogen-bond acceptors (Lipinski definition) is 3. The topological polar surface area (TPSA) is 88.0 Å². The predicted octanol–water partition coefficient (Wildman–Crippen LogP) is 0.474. The zero-order chi connectivity index (χ0) is 11.7. The van der Waals surface area contributed by atoms with Gasteiger partial charge in [0.25, 0.3) is 0 Å². The van der Waals surface area contributed by atoms with E-state index in [9.17, 15) is 9.59 Å². The molecule has 0 atom stereocenters. The van der Waals surface area contributed by atoms with Gasteiger partial charge in [0.05, 0.1) is 5.56 Å². The Morgan fingerprint density at radius 1 is 1.38 bits per heavy atom. The quantitative estimate of drug-likeness (QED) is 0.768. The summed E-state index contributed by atoms with van der Waals surface area (Å²) in [6.45, 7) is 0. The summed E-state index contributed by atoms with van der Waals surface area (Å²) in [4.78, 5) is 21.8. The monoisotopic (exact) mass is 219 g/mol. The number of carboxylic acids is 1. The van der Waals surface area contributed by atoms with Crippen molar-refractivity contribution in [3.8, 4) is 11.4 Å². The molecule has 0 aliphatic rings. The van der Waals surface area contributed by atoms with Crippen molar-refractivity contribution in [2.75, 3.05) is 0 Å². The first kappa shape index (κ1) is 10.2. The summed E-state index contributed by atoms with van der Waals surface area (Å²) in [6.07, 6.45) is 0. The molecule has 0 saturated heterocycles. The van der Waals surface area contributed by atoms with Gasteiger partial charge in [-0.15, -0.1) is 0 Å². The Morgan fingerprint density at radius 2 is 2.00 bits per heavy atom. The van der Waals surface area contributed by atoms with E-state index in [4.69, 9.17) is 5.11 Å². The fourth-order valence-corrected chi connectivity index (χ4v) is 1.37. The highest BCUT2D eigenvalue weighted by Crippen LogP contribution is 2.15. The van der Waals surface area contributed by atoms with E-state index in [1.807, 2.05) is 0 Å². The van der Waals surface area contributed by atoms with E-state index in [0.717, 1.165) is 0 Å². The zero-order valence-electron chi connectivity index (χ0n) is 8.47. The van der Waals surface area contributed by atoms with Crippen LogP contribution in [0.4, 0.5) is 0 Å². The number of aromatic amines is 1. The third kappa shape index (κ3) is 1.60. The van der Waals surface area contributed by atoms with Crippen molar-refractivity contribution in [2.45, 2.75) is 0 Å². The SMILES string of the molecule is Cn1c(-c2ccc(C(=O)O)cc2)n[nH]c1=O. The minimum atomic E-state index is -0.984. The van der Waals surface area contributed by atoms with Gasteiger partial charge in [0.2, 0.25) is 0 Å². The molecule has 0 unspecified atom stereocenters. The molecule has 1 heterocycles. The predicted molar refractivity (Wildman–Crippen MR) is 56.2 cm³/mol. The lowest BCUT2D eigenvalue weighted by atomic mass is 10.1. The third-order valence-corrected chi connectivity index (χ3v) is 2.27. The summed E-state index contributed by atoms with van der Waals surface area (Å²) in [7, 11) is 1.59. The average Bonchev–Trinajstić information content (AvgIpc) is 2.60. The first-order valence-corrected chi connectivity index (χ1v) is 4.54. The molecule has 0 aliphatic heterocycles. The summed E-state index contributed by atoms with van der Waals surface area (Å²) in [6, 6.07) is 6.16. The van der Waals surface area contributed by atoms with Crippen LogP contribution in [0.3, 0.4) is 0 Å². The zero-order valence-corrected chi connectivity index (χ0v) is 8.47. The van der Waals surface area contributed by atoms with E-state index in [1.54, 1.807) is 19.2 Å². The third-order valence-electron chi connectivity index (χ3n) is 2.27. The van der Waals surface area contributed by atoms with Gasteiger partial charge in [-0.1, -0.05) is 12.1 Å². The van der Waals surface area contributed by atoms with Crippen molar-refractivity contribution in [3.63, 3.8) is 0 Å². The largest absolute Gasteiger partial charge is 0.478 e. The number of nitrogens with one attached hydrogen (secondary N) is 1. The number of hydrogen-bond donors (Lipinski definition) is 2. The number of H-pyrrole nitrogens is 1. The summed E-state index contributed by atoms with van der Waals surface area (Å²) in [5.74, 6) is -0.510. The minimum absolute atomic E-state index is 0.198. The van der Waals surface area contributed by atoms with Crippen molar-refractivity contribution in [1.29, 1.82) is 0 Å². The first-order chi connectivity index (χ1) is 7.59. The smallest absolute Gasteiger partial charge is 0.343 e. The van der Waals surface area contributed by atoms with Gasteiger partial charge < -0.3 is 5.11 Å². The highest BCUT2D eigenvalue weighted by atomic mass is 16.4. The Labute approximate surface area is 90.2 Å². The molecule has 0 bridgehead atoms. The van der Waals surface area contributed by atoms with Gasteiger partial charge in [0.15, 0.2) is 5.82 Å². The van der Waals surface area contributed by atoms with Crippen molar-refractivity contribution >= 4 is 5.97 Å². The van der Waals surface area contributed by atoms with E-state index < -0.39 is 5.97 Å². The Kier molecular flexibility index (Phi) is 2.32. The molecule has 82 valence electrons. The van der Waals surface area contributed by atoms with Crippen LogP contribution in [0.1, 0.15) is 10.4 Å². The van der Waals surface area contributed by atoms with Crippen LogP contribution in [-0.4, -0.2) is 25.8 Å². The van der Waals surface area contributed by atoms with Crippen LogP contribution in [0.15, 0.2) is 29.1 Å². The molecule has 1 aromatic carbocycles. The van der Waals surface area contributed by atoms with Crippen LogP contribution in [0.25, 0.3) is 11.4 Å². The van der Waals surface area contributed by atoms with E-state index in [2.05, 4.69) is 10.2 Å². The number of carbonyl (C=O) groups is 1. The van der Waals surface area contributed by atoms with Crippen molar-refractivity contribution in [1.82, 2.24) is 14.8 Å². The van der Waals surface area contributed by atoms with Crippen LogP contribution in [0, 0.1) is 0 Å². The molecule has 6 nitrogen and oxygen atoms in total. The molecule has 1 aromatic heterocycles. The number of aromatic carboxylic acids is 1. The number of nitrogens with zero attached hydrogens (tertiary/aromatic N) is 2. The number of aromatic nitrogens is 3. The molecule has 2 N–H and O–H groups in total. The van der Waals surface area contributed by atoms with Crippen LogP contribution in [0.5, 0.6) is 0 Å². The number of rotatable bonds is 2. The molecular formula is C10H9N3O3. The summed E-state index contributed by atoms with van der Waals surface area (Å²) < 4.78 is 1.36. The molecule has 0 radical (unpaired) electrons. The second-order valence-corrected chi connectivity index (χ2v) is 3.29. The van der Waals surface area contributed by atoms with Crippen molar-refractivity contribution in [3.05, 3.63) is 40.3 Å². The number of benzene rings is 1. The standard InChI is InChI=1S/C10H9N3O3/c1-13-8(11-12-10(13)16)6-2-4-7(5-3-6)9(14)15/h2-5H,1H3,(H,12,16)(H,14,15). The molecule has 0 amide bonds. The second-order valence-electron chi connectivity index (χ2n) is 3.29. The normalized spacial score (nSPS) is 10.3. The highest BCUT2D eigenvalue weighted by molar-refractivity contribution is 5.88. The summed E-state index contributed by atoms with van der Waals surface area (Å²) in [5.41, 5.74) is 0.576. The van der Waals surface area contributed by atoms with Gasteiger partial charge in [-0.05, 0) is 12.1 Å². The Balaban J connectivity index is 2.46. The lowest BCUT2D eigenvalue weighted by molar-refractivity contribution is 0.0697. The molecule has 2 rings (SSSR count). The van der Waals surface area contributed by atoms with Crippen LogP contribution >= 0.6 is 0 Å². The maximum atomic E-state index is 11.1. The van der Waals surface area contributed by atoms with Gasteiger partial charge >= 0.3 is 11.7 Å². The molecular weight excluding hydrogens is 210 g/mol. The average molecular weight is 219 g/mol. The molecule has 6 heteroatoms. The van der Waals surface area contributed by atoms with E-state index in [-0.39, 0.29) is 11.3 Å². The summed E-state index contributed by atoms with van der Waals surface area (Å²) in [5, 5.41) is 14.9. The molecule has 2 aromatic rings. The van der Waals surface area contributed by atoms with Crippen LogP contribution in [-0.2, 0) is 7.05 Å². The molecule has 16 heavy (non-hydrogen) atoms. The summed E-state index contributed by atoms with van der Waals surface area (Å²) >= 11 is 0. The fraction of sp³-hybridized carbons (Fsp3) is 0.100. The van der Waals surface area contributed by atoms with Crippen molar-refractivity contribution < 1.29 is 9.90 Å². The Hall–Kier alpha value is -2.37. The van der Waals surface area contributed by atoms with Gasteiger partial charge in [0, 0.05) is 12.6 Å². The maximum Gasteiger partial charge on any atom is 0.343 e. The second kappa shape index (κ2) is 3.65. The molecule has 0 aliphatic carbocycles. The lowest BCUT2D eigenvalue weighted by Crippen LogP contribution is -2.13. The first-order valence-electron chi connectivity index (χ1n) is 4.54.